The van der Waals surface area contributed by atoms with Gasteiger partial charge >= 0.3 is 6.09 Å². The molecule has 0 radical (unpaired) electrons. The van der Waals surface area contributed by atoms with Gasteiger partial charge in [-0.05, 0) is 50.3 Å². The molecular weight excluding hydrogens is 310 g/mol. The van der Waals surface area contributed by atoms with Crippen LogP contribution < -0.4 is 5.73 Å². The Labute approximate surface area is 122 Å². The number of carbonyl (C=O) groups excluding carboxylic acids is 1. The van der Waals surface area contributed by atoms with Crippen molar-refractivity contribution in [3.63, 3.8) is 0 Å². The number of carbonyl (C=O) groups is 1. The molecule has 0 spiro atoms. The fourth-order valence-electron chi connectivity index (χ4n) is 2.21. The van der Waals surface area contributed by atoms with E-state index in [1.165, 1.54) is 0 Å². The first kappa shape index (κ1) is 16.0. The molecule has 0 heterocycles. The second-order valence-corrected chi connectivity index (χ2v) is 6.18. The number of benzene rings is 1. The molecule has 0 fully saturated rings. The minimum absolute atomic E-state index is 0.0173. The molecule has 1 atom stereocenters. The monoisotopic (exact) mass is 329 g/mol. The van der Waals surface area contributed by atoms with Crippen LogP contribution in [0.4, 0.5) is 4.79 Å². The van der Waals surface area contributed by atoms with Gasteiger partial charge in [-0.15, -0.1) is 0 Å². The average Bonchev–Trinajstić information content (AvgIpc) is 2.25. The van der Waals surface area contributed by atoms with Crippen molar-refractivity contribution in [2.24, 2.45) is 11.7 Å². The van der Waals surface area contributed by atoms with E-state index in [0.29, 0.717) is 6.42 Å². The van der Waals surface area contributed by atoms with Gasteiger partial charge in [0, 0.05) is 11.1 Å². The van der Waals surface area contributed by atoms with Crippen molar-refractivity contribution in [3.8, 4) is 0 Å². The maximum absolute atomic E-state index is 10.8. The van der Waals surface area contributed by atoms with Gasteiger partial charge < -0.3 is 15.6 Å². The molecule has 4 nitrogen and oxygen atoms in total. The summed E-state index contributed by atoms with van der Waals surface area (Å²) in [5.41, 5.74) is 5.49. The van der Waals surface area contributed by atoms with Gasteiger partial charge in [0.15, 0.2) is 0 Å². The lowest BCUT2D eigenvalue weighted by atomic mass is 9.89. The Hall–Kier alpha value is -1.07. The summed E-state index contributed by atoms with van der Waals surface area (Å²) in [5.74, 6) is 0.0173. The lowest BCUT2D eigenvalue weighted by molar-refractivity contribution is 0.0185. The van der Waals surface area contributed by atoms with Crippen LogP contribution in [0.1, 0.15) is 25.8 Å². The van der Waals surface area contributed by atoms with E-state index >= 15 is 0 Å². The zero-order valence-electron chi connectivity index (χ0n) is 11.2. The molecule has 5 heteroatoms. The zero-order valence-corrected chi connectivity index (χ0v) is 12.8. The summed E-state index contributed by atoms with van der Waals surface area (Å²) in [6.45, 7) is 3.63. The van der Waals surface area contributed by atoms with Crippen LogP contribution in [0.15, 0.2) is 28.7 Å². The molecule has 0 saturated heterocycles. The Kier molecular flexibility index (Phi) is 5.82. The van der Waals surface area contributed by atoms with Crippen LogP contribution in [-0.4, -0.2) is 23.4 Å². The number of ether oxygens (including phenoxy) is 1. The van der Waals surface area contributed by atoms with Crippen LogP contribution in [0.5, 0.6) is 0 Å². The van der Waals surface area contributed by atoms with Crippen molar-refractivity contribution in [2.75, 3.05) is 6.61 Å². The molecule has 106 valence electrons. The van der Waals surface area contributed by atoms with E-state index in [4.69, 9.17) is 10.5 Å². The number of hydrogen-bond donors (Lipinski definition) is 2. The molecular formula is C14H20BrNO3. The van der Waals surface area contributed by atoms with Crippen LogP contribution in [0.25, 0.3) is 0 Å². The molecule has 1 rings (SSSR count). The fraction of sp³-hybridized carbons (Fsp3) is 0.500. The number of hydrogen-bond acceptors (Lipinski definition) is 3. The maximum Gasteiger partial charge on any atom is 0.405 e. The molecule has 0 bridgehead atoms. The van der Waals surface area contributed by atoms with Crippen LogP contribution in [0, 0.1) is 5.92 Å². The third-order valence-electron chi connectivity index (χ3n) is 2.83. The first-order valence-electron chi connectivity index (χ1n) is 6.16. The summed E-state index contributed by atoms with van der Waals surface area (Å²) >= 11 is 3.42. The molecule has 1 aromatic carbocycles. The Morgan fingerprint density at radius 3 is 2.74 bits per heavy atom. The fourth-order valence-corrected chi connectivity index (χ4v) is 2.65. The topological polar surface area (TPSA) is 72.6 Å². The number of aliphatic hydroxyl groups is 1. The number of rotatable bonds is 6. The second-order valence-electron chi connectivity index (χ2n) is 5.27. The Balaban J connectivity index is 2.66. The normalized spacial score (nSPS) is 13.1. The average molecular weight is 330 g/mol. The lowest BCUT2D eigenvalue weighted by Crippen LogP contribution is -2.34. The predicted octanol–water partition coefficient (Wildman–Crippen LogP) is 2.86. The third-order valence-corrected chi connectivity index (χ3v) is 3.32. The summed E-state index contributed by atoms with van der Waals surface area (Å²) in [4.78, 5) is 10.8. The van der Waals surface area contributed by atoms with Gasteiger partial charge in [-0.25, -0.2) is 4.79 Å². The highest BCUT2D eigenvalue weighted by Gasteiger charge is 2.26. The van der Waals surface area contributed by atoms with E-state index in [9.17, 15) is 9.90 Å². The van der Waals surface area contributed by atoms with Crippen molar-refractivity contribution in [1.82, 2.24) is 0 Å². The van der Waals surface area contributed by atoms with Crippen LogP contribution in [0.2, 0.25) is 0 Å². The van der Waals surface area contributed by atoms with E-state index < -0.39 is 11.7 Å². The van der Waals surface area contributed by atoms with E-state index in [1.54, 1.807) is 13.8 Å². The van der Waals surface area contributed by atoms with Gasteiger partial charge in [0.1, 0.15) is 5.60 Å². The molecule has 0 aliphatic rings. The summed E-state index contributed by atoms with van der Waals surface area (Å²) < 4.78 is 6.06. The Morgan fingerprint density at radius 2 is 2.21 bits per heavy atom. The molecule has 19 heavy (non-hydrogen) atoms. The highest BCUT2D eigenvalue weighted by molar-refractivity contribution is 9.10. The number of aliphatic hydroxyl groups excluding tert-OH is 1. The highest BCUT2D eigenvalue weighted by atomic mass is 79.9. The Morgan fingerprint density at radius 1 is 1.53 bits per heavy atom. The first-order chi connectivity index (χ1) is 8.82. The molecule has 0 aliphatic heterocycles. The van der Waals surface area contributed by atoms with E-state index in [1.807, 2.05) is 24.3 Å². The maximum atomic E-state index is 10.8. The van der Waals surface area contributed by atoms with Gasteiger partial charge in [0.05, 0.1) is 0 Å². The molecule has 3 N–H and O–H groups in total. The predicted molar refractivity (Wildman–Crippen MR) is 77.8 cm³/mol. The molecule has 0 aliphatic carbocycles. The van der Waals surface area contributed by atoms with Gasteiger partial charge in [-0.3, -0.25) is 0 Å². The smallest absolute Gasteiger partial charge is 0.405 e. The lowest BCUT2D eigenvalue weighted by Gasteiger charge is -2.28. The number of halogens is 1. The molecule has 0 unspecified atom stereocenters. The van der Waals surface area contributed by atoms with Gasteiger partial charge in [0.2, 0.25) is 0 Å². The summed E-state index contributed by atoms with van der Waals surface area (Å²) in [6.07, 6.45) is 0.490. The second kappa shape index (κ2) is 6.91. The summed E-state index contributed by atoms with van der Waals surface area (Å²) in [6, 6.07) is 7.94. The molecule has 1 amide bonds. The highest BCUT2D eigenvalue weighted by Crippen LogP contribution is 2.24. The molecule has 0 aromatic heterocycles. The van der Waals surface area contributed by atoms with Gasteiger partial charge in [0.25, 0.3) is 0 Å². The van der Waals surface area contributed by atoms with Crippen molar-refractivity contribution in [2.45, 2.75) is 32.3 Å². The summed E-state index contributed by atoms with van der Waals surface area (Å²) in [7, 11) is 0. The number of amides is 1. The Bertz CT molecular complexity index is 434. The van der Waals surface area contributed by atoms with Gasteiger partial charge in [-0.1, -0.05) is 28.1 Å². The SMILES string of the molecule is CC(C)(C[C@@H](CO)Cc1cccc(Br)c1)OC(N)=O. The minimum Gasteiger partial charge on any atom is -0.444 e. The van der Waals surface area contributed by atoms with Crippen LogP contribution >= 0.6 is 15.9 Å². The van der Waals surface area contributed by atoms with E-state index in [0.717, 1.165) is 16.5 Å². The minimum atomic E-state index is -0.788. The quantitative estimate of drug-likeness (QED) is 0.842. The van der Waals surface area contributed by atoms with Crippen molar-refractivity contribution in [1.29, 1.82) is 0 Å². The van der Waals surface area contributed by atoms with Crippen molar-refractivity contribution in [3.05, 3.63) is 34.3 Å². The third kappa shape index (κ3) is 6.07. The van der Waals surface area contributed by atoms with E-state index in [-0.39, 0.29) is 12.5 Å². The summed E-state index contributed by atoms with van der Waals surface area (Å²) in [5, 5.41) is 9.47. The standard InChI is InChI=1S/C14H20BrNO3/c1-14(2,19-13(16)18)8-11(9-17)6-10-4-3-5-12(15)7-10/h3-5,7,11,17H,6,8-9H2,1-2H3,(H2,16,18)/t11-/m0/s1. The zero-order chi connectivity index (χ0) is 14.5. The number of primary amides is 1. The number of nitrogens with two attached hydrogens (primary N) is 1. The van der Waals surface area contributed by atoms with Crippen molar-refractivity contribution < 1.29 is 14.6 Å². The largest absolute Gasteiger partial charge is 0.444 e. The van der Waals surface area contributed by atoms with Crippen LogP contribution in [0.3, 0.4) is 0 Å². The molecule has 1 aromatic rings. The first-order valence-corrected chi connectivity index (χ1v) is 6.95. The molecule has 0 saturated carbocycles. The van der Waals surface area contributed by atoms with Crippen LogP contribution in [-0.2, 0) is 11.2 Å². The van der Waals surface area contributed by atoms with Crippen molar-refractivity contribution >= 4 is 22.0 Å². The van der Waals surface area contributed by atoms with E-state index in [2.05, 4.69) is 15.9 Å². The van der Waals surface area contributed by atoms with Gasteiger partial charge in [-0.2, -0.15) is 0 Å².